The molecular formula is C15H30N2O2. The minimum absolute atomic E-state index is 0.0936. The van der Waals surface area contributed by atoms with Crippen molar-refractivity contribution in [1.29, 1.82) is 0 Å². The third-order valence-corrected chi connectivity index (χ3v) is 4.53. The summed E-state index contributed by atoms with van der Waals surface area (Å²) in [4.78, 5) is 14.4. The first-order valence-electron chi connectivity index (χ1n) is 7.54. The number of methoxy groups -OCH3 is 1. The van der Waals surface area contributed by atoms with Crippen molar-refractivity contribution in [2.45, 2.75) is 46.1 Å². The highest BCUT2D eigenvalue weighted by molar-refractivity contribution is 5.82. The maximum atomic E-state index is 12.0. The average Bonchev–Trinajstić information content (AvgIpc) is 2.35. The predicted molar refractivity (Wildman–Crippen MR) is 78.1 cm³/mol. The van der Waals surface area contributed by atoms with E-state index >= 15 is 0 Å². The van der Waals surface area contributed by atoms with Crippen LogP contribution in [0.25, 0.3) is 0 Å². The first kappa shape index (κ1) is 16.4. The SMILES string of the molecule is CCN(CC)CCNC1(C(=O)OC)CC(C(C)C)C1. The number of hydrogen-bond donors (Lipinski definition) is 1. The third-order valence-electron chi connectivity index (χ3n) is 4.53. The second kappa shape index (κ2) is 7.25. The van der Waals surface area contributed by atoms with Crippen LogP contribution in [0.4, 0.5) is 0 Å². The number of rotatable bonds is 8. The van der Waals surface area contributed by atoms with E-state index in [0.717, 1.165) is 39.0 Å². The lowest BCUT2D eigenvalue weighted by Gasteiger charge is -2.47. The van der Waals surface area contributed by atoms with Gasteiger partial charge in [0.15, 0.2) is 0 Å². The van der Waals surface area contributed by atoms with Gasteiger partial charge in [-0.3, -0.25) is 4.79 Å². The van der Waals surface area contributed by atoms with Crippen LogP contribution in [0, 0.1) is 11.8 Å². The quantitative estimate of drug-likeness (QED) is 0.684. The Bertz CT molecular complexity index is 282. The van der Waals surface area contributed by atoms with Gasteiger partial charge in [0.2, 0.25) is 0 Å². The molecule has 0 amide bonds. The molecule has 1 N–H and O–H groups in total. The van der Waals surface area contributed by atoms with Gasteiger partial charge in [-0.1, -0.05) is 27.7 Å². The van der Waals surface area contributed by atoms with E-state index in [1.807, 2.05) is 0 Å². The molecule has 1 fully saturated rings. The minimum Gasteiger partial charge on any atom is -0.468 e. The van der Waals surface area contributed by atoms with Crippen LogP contribution in [0.5, 0.6) is 0 Å². The van der Waals surface area contributed by atoms with Gasteiger partial charge in [-0.2, -0.15) is 0 Å². The number of nitrogens with one attached hydrogen (secondary N) is 1. The molecule has 0 aromatic rings. The normalized spacial score (nSPS) is 26.6. The summed E-state index contributed by atoms with van der Waals surface area (Å²) in [6.45, 7) is 12.7. The zero-order valence-corrected chi connectivity index (χ0v) is 13.2. The topological polar surface area (TPSA) is 41.6 Å². The molecule has 0 unspecified atom stereocenters. The van der Waals surface area contributed by atoms with E-state index in [2.05, 4.69) is 37.9 Å². The number of carbonyl (C=O) groups is 1. The second-order valence-corrected chi connectivity index (χ2v) is 5.94. The molecule has 0 aromatic carbocycles. The summed E-state index contributed by atoms with van der Waals surface area (Å²) < 4.78 is 4.98. The predicted octanol–water partition coefficient (Wildman–Crippen LogP) is 1.90. The van der Waals surface area contributed by atoms with Crippen LogP contribution in [0.3, 0.4) is 0 Å². The van der Waals surface area contributed by atoms with Gasteiger partial charge in [-0.25, -0.2) is 0 Å². The molecule has 0 aliphatic heterocycles. The van der Waals surface area contributed by atoms with Crippen LogP contribution in [0.15, 0.2) is 0 Å². The largest absolute Gasteiger partial charge is 0.468 e. The lowest BCUT2D eigenvalue weighted by molar-refractivity contribution is -0.156. The van der Waals surface area contributed by atoms with E-state index in [-0.39, 0.29) is 5.97 Å². The molecule has 0 aromatic heterocycles. The highest BCUT2D eigenvalue weighted by Crippen LogP contribution is 2.42. The van der Waals surface area contributed by atoms with Crippen molar-refractivity contribution in [3.63, 3.8) is 0 Å². The molecule has 0 spiro atoms. The standard InChI is InChI=1S/C15H30N2O2/c1-6-17(7-2)9-8-16-15(14(18)19-5)10-13(11-15)12(3)4/h12-13,16H,6-11H2,1-5H3. The minimum atomic E-state index is -0.420. The molecule has 1 aliphatic carbocycles. The molecule has 0 radical (unpaired) electrons. The zero-order valence-electron chi connectivity index (χ0n) is 13.2. The summed E-state index contributed by atoms with van der Waals surface area (Å²) in [5.74, 6) is 1.19. The number of carbonyl (C=O) groups excluding carboxylic acids is 1. The molecule has 112 valence electrons. The summed E-state index contributed by atoms with van der Waals surface area (Å²) in [5.41, 5.74) is -0.420. The van der Waals surface area contributed by atoms with E-state index in [4.69, 9.17) is 4.74 Å². The van der Waals surface area contributed by atoms with E-state index in [1.54, 1.807) is 0 Å². The molecule has 0 heterocycles. The molecular weight excluding hydrogens is 240 g/mol. The van der Waals surface area contributed by atoms with Gasteiger partial charge in [0.05, 0.1) is 7.11 Å². The Kier molecular flexibility index (Phi) is 6.27. The van der Waals surface area contributed by atoms with Crippen molar-refractivity contribution in [2.75, 3.05) is 33.3 Å². The Labute approximate surface area is 117 Å². The average molecular weight is 270 g/mol. The van der Waals surface area contributed by atoms with Gasteiger partial charge in [0.25, 0.3) is 0 Å². The first-order chi connectivity index (χ1) is 8.99. The van der Waals surface area contributed by atoms with E-state index < -0.39 is 5.54 Å². The van der Waals surface area contributed by atoms with Gasteiger partial charge in [0.1, 0.15) is 5.54 Å². The van der Waals surface area contributed by atoms with Crippen LogP contribution in [-0.4, -0.2) is 49.7 Å². The molecule has 1 rings (SSSR count). The van der Waals surface area contributed by atoms with Crippen molar-refractivity contribution in [3.05, 3.63) is 0 Å². The Balaban J connectivity index is 2.47. The molecule has 4 heteroatoms. The maximum absolute atomic E-state index is 12.0. The van der Waals surface area contributed by atoms with Crippen molar-refractivity contribution in [3.8, 4) is 0 Å². The lowest BCUT2D eigenvalue weighted by Crippen LogP contribution is -2.63. The van der Waals surface area contributed by atoms with Gasteiger partial charge in [0, 0.05) is 13.1 Å². The Morgan fingerprint density at radius 1 is 1.37 bits per heavy atom. The van der Waals surface area contributed by atoms with Gasteiger partial charge < -0.3 is 15.0 Å². The number of likely N-dealkylation sites (N-methyl/N-ethyl adjacent to an activating group) is 1. The fourth-order valence-electron chi connectivity index (χ4n) is 2.88. The number of hydrogen-bond acceptors (Lipinski definition) is 4. The Morgan fingerprint density at radius 3 is 2.37 bits per heavy atom. The molecule has 0 bridgehead atoms. The zero-order chi connectivity index (χ0) is 14.5. The summed E-state index contributed by atoms with van der Waals surface area (Å²) in [6, 6.07) is 0. The molecule has 1 aliphatic rings. The van der Waals surface area contributed by atoms with Crippen molar-refractivity contribution in [1.82, 2.24) is 10.2 Å². The number of esters is 1. The van der Waals surface area contributed by atoms with Crippen LogP contribution >= 0.6 is 0 Å². The van der Waals surface area contributed by atoms with Crippen LogP contribution in [-0.2, 0) is 9.53 Å². The molecule has 4 nitrogen and oxygen atoms in total. The summed E-state index contributed by atoms with van der Waals surface area (Å²) in [7, 11) is 1.48. The maximum Gasteiger partial charge on any atom is 0.326 e. The highest BCUT2D eigenvalue weighted by atomic mass is 16.5. The van der Waals surface area contributed by atoms with Crippen molar-refractivity contribution in [2.24, 2.45) is 11.8 Å². The van der Waals surface area contributed by atoms with E-state index in [0.29, 0.717) is 11.8 Å². The van der Waals surface area contributed by atoms with Gasteiger partial charge in [-0.15, -0.1) is 0 Å². The van der Waals surface area contributed by atoms with Gasteiger partial charge >= 0.3 is 5.97 Å². The summed E-state index contributed by atoms with van der Waals surface area (Å²) >= 11 is 0. The van der Waals surface area contributed by atoms with E-state index in [9.17, 15) is 4.79 Å². The highest BCUT2D eigenvalue weighted by Gasteiger charge is 2.51. The molecule has 0 saturated heterocycles. The second-order valence-electron chi connectivity index (χ2n) is 5.94. The fraction of sp³-hybridized carbons (Fsp3) is 0.933. The first-order valence-corrected chi connectivity index (χ1v) is 7.54. The molecule has 0 atom stereocenters. The summed E-state index contributed by atoms with van der Waals surface area (Å²) in [6.07, 6.45) is 1.82. The number of nitrogens with zero attached hydrogens (tertiary/aromatic N) is 1. The lowest BCUT2D eigenvalue weighted by atomic mass is 9.64. The monoisotopic (exact) mass is 270 g/mol. The Morgan fingerprint density at radius 2 is 1.95 bits per heavy atom. The number of ether oxygens (including phenoxy) is 1. The van der Waals surface area contributed by atoms with E-state index in [1.165, 1.54) is 7.11 Å². The van der Waals surface area contributed by atoms with Crippen molar-refractivity contribution < 1.29 is 9.53 Å². The summed E-state index contributed by atoms with van der Waals surface area (Å²) in [5, 5.41) is 3.45. The molecule has 19 heavy (non-hydrogen) atoms. The fourth-order valence-corrected chi connectivity index (χ4v) is 2.88. The van der Waals surface area contributed by atoms with Crippen LogP contribution in [0.2, 0.25) is 0 Å². The van der Waals surface area contributed by atoms with Gasteiger partial charge in [-0.05, 0) is 37.8 Å². The Hall–Kier alpha value is -0.610. The van der Waals surface area contributed by atoms with Crippen LogP contribution in [0.1, 0.15) is 40.5 Å². The van der Waals surface area contributed by atoms with Crippen molar-refractivity contribution >= 4 is 5.97 Å². The van der Waals surface area contributed by atoms with Crippen LogP contribution < -0.4 is 5.32 Å². The third kappa shape index (κ3) is 3.93. The molecule has 1 saturated carbocycles. The smallest absolute Gasteiger partial charge is 0.326 e.